The predicted molar refractivity (Wildman–Crippen MR) is 102 cm³/mol. The zero-order chi connectivity index (χ0) is 20.0. The first-order valence-electron chi connectivity index (χ1n) is 8.59. The summed E-state index contributed by atoms with van der Waals surface area (Å²) in [4.78, 5) is 8.23. The number of ether oxygens (including phenoxy) is 1. The number of benzene rings is 2. The molecule has 0 fully saturated rings. The highest BCUT2D eigenvalue weighted by atomic mass is 19.4. The van der Waals surface area contributed by atoms with Gasteiger partial charge in [0.15, 0.2) is 0 Å². The molecule has 2 N–H and O–H groups in total. The van der Waals surface area contributed by atoms with Crippen molar-refractivity contribution in [3.8, 4) is 5.75 Å². The summed E-state index contributed by atoms with van der Waals surface area (Å²) < 4.78 is 44.7. The highest BCUT2D eigenvalue weighted by Gasteiger charge is 2.33. The fraction of sp³-hybridized carbons (Fsp3) is 0.200. The van der Waals surface area contributed by atoms with E-state index in [9.17, 15) is 13.2 Å². The molecule has 8 heteroatoms. The van der Waals surface area contributed by atoms with Crippen molar-refractivity contribution in [2.45, 2.75) is 12.6 Å². The number of methoxy groups -OCH3 is 1. The summed E-state index contributed by atoms with van der Waals surface area (Å²) in [5.41, 5.74) is 0.179. The molecule has 0 radical (unpaired) electrons. The zero-order valence-corrected chi connectivity index (χ0v) is 15.1. The Morgan fingerprint density at radius 1 is 1.00 bits per heavy atom. The number of hydrogen-bond donors (Lipinski definition) is 2. The monoisotopic (exact) mass is 388 g/mol. The highest BCUT2D eigenvalue weighted by Crippen LogP contribution is 2.35. The summed E-state index contributed by atoms with van der Waals surface area (Å²) in [5.74, 6) is 1.40. The highest BCUT2D eigenvalue weighted by molar-refractivity contribution is 5.60. The van der Waals surface area contributed by atoms with Gasteiger partial charge in [-0.1, -0.05) is 30.3 Å². The molecule has 0 aliphatic heterocycles. The predicted octanol–water partition coefficient (Wildman–Crippen LogP) is 4.90. The average Bonchev–Trinajstić information content (AvgIpc) is 2.68. The first-order valence-corrected chi connectivity index (χ1v) is 8.59. The van der Waals surface area contributed by atoms with Gasteiger partial charge in [-0.05, 0) is 36.2 Å². The smallest absolute Gasteiger partial charge is 0.418 e. The summed E-state index contributed by atoms with van der Waals surface area (Å²) in [6.45, 7) is 0.579. The van der Waals surface area contributed by atoms with Gasteiger partial charge in [-0.3, -0.25) is 0 Å². The molecule has 1 heterocycles. The lowest BCUT2D eigenvalue weighted by Crippen LogP contribution is -2.11. The molecule has 3 rings (SSSR count). The molecule has 3 aromatic rings. The third kappa shape index (κ3) is 4.91. The first kappa shape index (κ1) is 19.5. The first-order chi connectivity index (χ1) is 13.5. The summed E-state index contributed by atoms with van der Waals surface area (Å²) in [6, 6.07) is 14.6. The van der Waals surface area contributed by atoms with Crippen molar-refractivity contribution < 1.29 is 17.9 Å². The summed E-state index contributed by atoms with van der Waals surface area (Å²) >= 11 is 0. The maximum Gasteiger partial charge on any atom is 0.418 e. The van der Waals surface area contributed by atoms with Crippen molar-refractivity contribution in [3.05, 3.63) is 71.9 Å². The van der Waals surface area contributed by atoms with Gasteiger partial charge in [0.05, 0.1) is 18.4 Å². The van der Waals surface area contributed by atoms with E-state index >= 15 is 0 Å². The van der Waals surface area contributed by atoms with Crippen LogP contribution in [0.1, 0.15) is 11.1 Å². The summed E-state index contributed by atoms with van der Waals surface area (Å²) in [5, 5.41) is 5.79. The van der Waals surface area contributed by atoms with Gasteiger partial charge in [-0.2, -0.15) is 18.2 Å². The molecule has 2 aromatic carbocycles. The molecular weight excluding hydrogens is 369 g/mol. The van der Waals surface area contributed by atoms with Crippen molar-refractivity contribution in [2.24, 2.45) is 0 Å². The van der Waals surface area contributed by atoms with E-state index in [4.69, 9.17) is 4.74 Å². The van der Waals surface area contributed by atoms with Gasteiger partial charge < -0.3 is 15.4 Å². The second-order valence-electron chi connectivity index (χ2n) is 5.92. The maximum absolute atomic E-state index is 13.1. The Balaban J connectivity index is 1.67. The SMILES string of the molecule is COc1ccccc1CCNc1ccnc(Nc2ccccc2C(F)(F)F)n1. The third-order valence-corrected chi connectivity index (χ3v) is 4.03. The van der Waals surface area contributed by atoms with Crippen molar-refractivity contribution in [1.29, 1.82) is 0 Å². The Morgan fingerprint density at radius 3 is 2.54 bits per heavy atom. The van der Waals surface area contributed by atoms with Crippen LogP contribution in [0.2, 0.25) is 0 Å². The van der Waals surface area contributed by atoms with Crippen LogP contribution in [0.3, 0.4) is 0 Å². The number of para-hydroxylation sites is 2. The molecule has 0 bridgehead atoms. The molecule has 0 unspecified atom stereocenters. The van der Waals surface area contributed by atoms with Crippen LogP contribution in [0.4, 0.5) is 30.6 Å². The average molecular weight is 388 g/mol. The lowest BCUT2D eigenvalue weighted by atomic mass is 10.1. The standard InChI is InChI=1S/C20H19F3N4O/c1-28-17-9-5-2-6-14(17)10-12-24-18-11-13-25-19(27-18)26-16-8-4-3-7-15(16)20(21,22)23/h2-9,11,13H,10,12H2,1H3,(H2,24,25,26,27). The van der Waals surface area contributed by atoms with Gasteiger partial charge in [-0.25, -0.2) is 4.98 Å². The van der Waals surface area contributed by atoms with E-state index in [-0.39, 0.29) is 11.6 Å². The number of alkyl halides is 3. The normalized spacial score (nSPS) is 11.1. The number of nitrogens with zero attached hydrogens (tertiary/aromatic N) is 2. The van der Waals surface area contributed by atoms with E-state index in [1.54, 1.807) is 13.2 Å². The maximum atomic E-state index is 13.1. The van der Waals surface area contributed by atoms with Gasteiger partial charge in [-0.15, -0.1) is 0 Å². The Morgan fingerprint density at radius 2 is 1.75 bits per heavy atom. The number of rotatable bonds is 7. The molecule has 146 valence electrons. The third-order valence-electron chi connectivity index (χ3n) is 4.03. The summed E-state index contributed by atoms with van der Waals surface area (Å²) in [6.07, 6.45) is -2.28. The molecule has 0 spiro atoms. The molecule has 5 nitrogen and oxygen atoms in total. The van der Waals surface area contributed by atoms with Crippen LogP contribution in [0.25, 0.3) is 0 Å². The molecule has 0 atom stereocenters. The minimum atomic E-state index is -4.46. The Kier molecular flexibility index (Phi) is 5.98. The van der Waals surface area contributed by atoms with Gasteiger partial charge in [0, 0.05) is 12.7 Å². The van der Waals surface area contributed by atoms with Crippen LogP contribution in [0.15, 0.2) is 60.8 Å². The molecule has 28 heavy (non-hydrogen) atoms. The van der Waals surface area contributed by atoms with E-state index in [0.717, 1.165) is 17.4 Å². The minimum Gasteiger partial charge on any atom is -0.496 e. The van der Waals surface area contributed by atoms with Crippen molar-refractivity contribution in [1.82, 2.24) is 9.97 Å². The van der Waals surface area contributed by atoms with E-state index in [1.807, 2.05) is 24.3 Å². The van der Waals surface area contributed by atoms with Crippen LogP contribution in [0, 0.1) is 0 Å². The zero-order valence-electron chi connectivity index (χ0n) is 15.1. The largest absolute Gasteiger partial charge is 0.496 e. The molecule has 0 saturated carbocycles. The Labute approximate surface area is 160 Å². The molecule has 0 aliphatic rings. The fourth-order valence-electron chi connectivity index (χ4n) is 2.71. The van der Waals surface area contributed by atoms with Gasteiger partial charge in [0.2, 0.25) is 5.95 Å². The van der Waals surface area contributed by atoms with Gasteiger partial charge in [0.25, 0.3) is 0 Å². The molecular formula is C20H19F3N4O. The van der Waals surface area contributed by atoms with Crippen LogP contribution in [-0.4, -0.2) is 23.6 Å². The minimum absolute atomic E-state index is 0.0824. The van der Waals surface area contributed by atoms with Crippen molar-refractivity contribution in [3.63, 3.8) is 0 Å². The Bertz CT molecular complexity index is 931. The number of aromatic nitrogens is 2. The molecule has 0 saturated heterocycles. The van der Waals surface area contributed by atoms with Crippen molar-refractivity contribution >= 4 is 17.5 Å². The number of nitrogens with one attached hydrogen (secondary N) is 2. The molecule has 0 amide bonds. The fourth-order valence-corrected chi connectivity index (χ4v) is 2.71. The quantitative estimate of drug-likeness (QED) is 0.603. The summed E-state index contributed by atoms with van der Waals surface area (Å²) in [7, 11) is 1.62. The second kappa shape index (κ2) is 8.60. The van der Waals surface area contributed by atoms with E-state index < -0.39 is 11.7 Å². The van der Waals surface area contributed by atoms with Crippen molar-refractivity contribution in [2.75, 3.05) is 24.3 Å². The van der Waals surface area contributed by atoms with Crippen LogP contribution in [0.5, 0.6) is 5.75 Å². The van der Waals surface area contributed by atoms with Gasteiger partial charge >= 0.3 is 6.18 Å². The topological polar surface area (TPSA) is 59.1 Å². The van der Waals surface area contributed by atoms with E-state index in [1.165, 1.54) is 24.4 Å². The van der Waals surface area contributed by atoms with Gasteiger partial charge in [0.1, 0.15) is 11.6 Å². The lowest BCUT2D eigenvalue weighted by molar-refractivity contribution is -0.136. The molecule has 1 aromatic heterocycles. The van der Waals surface area contributed by atoms with E-state index in [0.29, 0.717) is 18.8 Å². The number of halogens is 3. The lowest BCUT2D eigenvalue weighted by Gasteiger charge is -2.14. The second-order valence-corrected chi connectivity index (χ2v) is 5.92. The van der Waals surface area contributed by atoms with Crippen LogP contribution in [-0.2, 0) is 12.6 Å². The Hall–Kier alpha value is -3.29. The van der Waals surface area contributed by atoms with Crippen LogP contribution < -0.4 is 15.4 Å². The van der Waals surface area contributed by atoms with Crippen LogP contribution >= 0.6 is 0 Å². The number of anilines is 3. The van der Waals surface area contributed by atoms with E-state index in [2.05, 4.69) is 20.6 Å². The molecule has 0 aliphatic carbocycles. The number of hydrogen-bond acceptors (Lipinski definition) is 5.